The largest absolute Gasteiger partial charge is 0.316 e. The van der Waals surface area contributed by atoms with E-state index in [1.165, 1.54) is 30.3 Å². The van der Waals surface area contributed by atoms with Crippen molar-refractivity contribution in [2.75, 3.05) is 13.1 Å². The Hall–Kier alpha value is -1.41. The maximum absolute atomic E-state index is 4.40. The number of aromatic nitrogens is 1. The fourth-order valence-corrected chi connectivity index (χ4v) is 2.53. The number of hydrogen-bond donors (Lipinski definition) is 1. The lowest BCUT2D eigenvalue weighted by molar-refractivity contribution is 0.582. The zero-order valence-electron chi connectivity index (χ0n) is 9.32. The monoisotopic (exact) mass is 212 g/mol. The lowest BCUT2D eigenvalue weighted by Crippen LogP contribution is -2.10. The summed E-state index contributed by atoms with van der Waals surface area (Å²) in [5.41, 5.74) is 2.56. The van der Waals surface area contributed by atoms with Gasteiger partial charge >= 0.3 is 0 Å². The number of para-hydroxylation sites is 1. The van der Waals surface area contributed by atoms with Crippen LogP contribution < -0.4 is 5.32 Å². The minimum Gasteiger partial charge on any atom is -0.316 e. The maximum Gasteiger partial charge on any atom is 0.0704 e. The molecule has 2 nitrogen and oxygen atoms in total. The molecule has 2 heterocycles. The summed E-state index contributed by atoms with van der Waals surface area (Å²) in [6.45, 7) is 2.34. The molecule has 0 spiro atoms. The molecular formula is C14H16N2. The minimum absolute atomic E-state index is 0.797. The van der Waals surface area contributed by atoms with Crippen LogP contribution in [0, 0.1) is 5.92 Å². The molecule has 2 heteroatoms. The molecule has 0 amide bonds. The molecule has 0 saturated carbocycles. The molecule has 16 heavy (non-hydrogen) atoms. The molecule has 1 aromatic heterocycles. The molecule has 1 fully saturated rings. The van der Waals surface area contributed by atoms with Crippen LogP contribution in [-0.4, -0.2) is 18.1 Å². The Morgan fingerprint density at radius 3 is 3.06 bits per heavy atom. The zero-order valence-corrected chi connectivity index (χ0v) is 9.32. The third kappa shape index (κ3) is 1.81. The van der Waals surface area contributed by atoms with Gasteiger partial charge in [0.15, 0.2) is 0 Å². The normalized spacial score (nSPS) is 20.4. The number of pyridine rings is 1. The molecule has 0 radical (unpaired) electrons. The van der Waals surface area contributed by atoms with E-state index in [-0.39, 0.29) is 0 Å². The van der Waals surface area contributed by atoms with Crippen LogP contribution in [-0.2, 0) is 6.42 Å². The Kier molecular flexibility index (Phi) is 2.58. The standard InChI is InChI=1S/C14H16N2/c1-2-4-14-13(3-1)12(6-8-16-14)9-11-5-7-15-10-11/h1-4,6,8,11,15H,5,7,9-10H2. The van der Waals surface area contributed by atoms with Gasteiger partial charge < -0.3 is 5.32 Å². The van der Waals surface area contributed by atoms with Crippen LogP contribution in [0.4, 0.5) is 0 Å². The smallest absolute Gasteiger partial charge is 0.0704 e. The minimum atomic E-state index is 0.797. The van der Waals surface area contributed by atoms with Gasteiger partial charge in [-0.3, -0.25) is 4.98 Å². The SMILES string of the molecule is c1ccc2c(CC3CCNC3)ccnc2c1. The van der Waals surface area contributed by atoms with E-state index >= 15 is 0 Å². The molecule has 1 atom stereocenters. The second-order valence-corrected chi connectivity index (χ2v) is 4.55. The van der Waals surface area contributed by atoms with Crippen LogP contribution in [0.1, 0.15) is 12.0 Å². The molecule has 3 rings (SSSR count). The van der Waals surface area contributed by atoms with Crippen molar-refractivity contribution in [3.63, 3.8) is 0 Å². The lowest BCUT2D eigenvalue weighted by atomic mass is 9.96. The average molecular weight is 212 g/mol. The summed E-state index contributed by atoms with van der Waals surface area (Å²) in [5, 5.41) is 4.74. The predicted octanol–water partition coefficient (Wildman–Crippen LogP) is 2.39. The molecule has 0 bridgehead atoms. The third-order valence-corrected chi connectivity index (χ3v) is 3.41. The summed E-state index contributed by atoms with van der Waals surface area (Å²) in [5.74, 6) is 0.797. The van der Waals surface area contributed by atoms with Crippen molar-refractivity contribution in [3.8, 4) is 0 Å². The highest BCUT2D eigenvalue weighted by Gasteiger charge is 2.15. The third-order valence-electron chi connectivity index (χ3n) is 3.41. The zero-order chi connectivity index (χ0) is 10.8. The number of rotatable bonds is 2. The quantitative estimate of drug-likeness (QED) is 0.826. The molecule has 1 saturated heterocycles. The fraction of sp³-hybridized carbons (Fsp3) is 0.357. The van der Waals surface area contributed by atoms with Gasteiger partial charge in [-0.15, -0.1) is 0 Å². The van der Waals surface area contributed by atoms with Crippen LogP contribution in [0.25, 0.3) is 10.9 Å². The fourth-order valence-electron chi connectivity index (χ4n) is 2.53. The van der Waals surface area contributed by atoms with E-state index in [2.05, 4.69) is 40.6 Å². The van der Waals surface area contributed by atoms with E-state index < -0.39 is 0 Å². The van der Waals surface area contributed by atoms with E-state index in [9.17, 15) is 0 Å². The number of fused-ring (bicyclic) bond motifs is 1. The summed E-state index contributed by atoms with van der Waals surface area (Å²) in [6.07, 6.45) is 4.41. The average Bonchev–Trinajstić information content (AvgIpc) is 2.82. The highest BCUT2D eigenvalue weighted by atomic mass is 14.9. The Balaban J connectivity index is 1.96. The summed E-state index contributed by atoms with van der Waals surface area (Å²) in [6, 6.07) is 10.6. The molecule has 1 aliphatic rings. The van der Waals surface area contributed by atoms with Crippen LogP contribution in [0.3, 0.4) is 0 Å². The Morgan fingerprint density at radius 2 is 2.19 bits per heavy atom. The van der Waals surface area contributed by atoms with Gasteiger partial charge in [0.1, 0.15) is 0 Å². The van der Waals surface area contributed by atoms with Crippen molar-refractivity contribution in [3.05, 3.63) is 42.1 Å². The van der Waals surface area contributed by atoms with E-state index in [4.69, 9.17) is 0 Å². The van der Waals surface area contributed by atoms with Crippen molar-refractivity contribution in [2.45, 2.75) is 12.8 Å². The second kappa shape index (κ2) is 4.22. The van der Waals surface area contributed by atoms with Crippen molar-refractivity contribution >= 4 is 10.9 Å². The molecule has 82 valence electrons. The number of nitrogens with one attached hydrogen (secondary N) is 1. The second-order valence-electron chi connectivity index (χ2n) is 4.55. The molecule has 1 aliphatic heterocycles. The maximum atomic E-state index is 4.40. The topological polar surface area (TPSA) is 24.9 Å². The molecule has 0 aliphatic carbocycles. The van der Waals surface area contributed by atoms with Crippen LogP contribution in [0.5, 0.6) is 0 Å². The van der Waals surface area contributed by atoms with Crippen LogP contribution in [0.15, 0.2) is 36.5 Å². The number of benzene rings is 1. The Bertz CT molecular complexity index is 482. The van der Waals surface area contributed by atoms with Gasteiger partial charge in [-0.05, 0) is 49.5 Å². The molecule has 1 unspecified atom stereocenters. The molecular weight excluding hydrogens is 196 g/mol. The molecule has 2 aromatic rings. The first kappa shape index (κ1) is 9.79. The lowest BCUT2D eigenvalue weighted by Gasteiger charge is -2.10. The highest BCUT2D eigenvalue weighted by molar-refractivity contribution is 5.81. The van der Waals surface area contributed by atoms with Gasteiger partial charge in [-0.25, -0.2) is 0 Å². The Morgan fingerprint density at radius 1 is 1.25 bits per heavy atom. The first-order chi connectivity index (χ1) is 7.93. The molecule has 1 N–H and O–H groups in total. The van der Waals surface area contributed by atoms with Crippen molar-refractivity contribution in [1.29, 1.82) is 0 Å². The first-order valence-corrected chi connectivity index (χ1v) is 5.97. The molecule has 1 aromatic carbocycles. The summed E-state index contributed by atoms with van der Waals surface area (Å²) < 4.78 is 0. The highest BCUT2D eigenvalue weighted by Crippen LogP contribution is 2.21. The van der Waals surface area contributed by atoms with Gasteiger partial charge in [0.05, 0.1) is 5.52 Å². The summed E-state index contributed by atoms with van der Waals surface area (Å²) in [4.78, 5) is 4.40. The van der Waals surface area contributed by atoms with E-state index in [1.54, 1.807) is 0 Å². The van der Waals surface area contributed by atoms with E-state index in [1.807, 2.05) is 6.20 Å². The van der Waals surface area contributed by atoms with E-state index in [0.29, 0.717) is 0 Å². The predicted molar refractivity (Wildman–Crippen MR) is 66.4 cm³/mol. The van der Waals surface area contributed by atoms with Gasteiger partial charge in [0, 0.05) is 11.6 Å². The summed E-state index contributed by atoms with van der Waals surface area (Å²) in [7, 11) is 0. The number of nitrogens with zero attached hydrogens (tertiary/aromatic N) is 1. The van der Waals surface area contributed by atoms with Crippen molar-refractivity contribution < 1.29 is 0 Å². The Labute approximate surface area is 95.7 Å². The van der Waals surface area contributed by atoms with Gasteiger partial charge in [-0.1, -0.05) is 18.2 Å². The van der Waals surface area contributed by atoms with Gasteiger partial charge in [0.2, 0.25) is 0 Å². The number of hydrogen-bond acceptors (Lipinski definition) is 2. The van der Waals surface area contributed by atoms with Crippen LogP contribution >= 0.6 is 0 Å². The van der Waals surface area contributed by atoms with Crippen molar-refractivity contribution in [2.24, 2.45) is 5.92 Å². The summed E-state index contributed by atoms with van der Waals surface area (Å²) >= 11 is 0. The van der Waals surface area contributed by atoms with Gasteiger partial charge in [-0.2, -0.15) is 0 Å². The first-order valence-electron chi connectivity index (χ1n) is 5.97. The van der Waals surface area contributed by atoms with E-state index in [0.717, 1.165) is 18.0 Å². The van der Waals surface area contributed by atoms with Gasteiger partial charge in [0.25, 0.3) is 0 Å². The van der Waals surface area contributed by atoms with Crippen LogP contribution in [0.2, 0.25) is 0 Å². The van der Waals surface area contributed by atoms with Crippen molar-refractivity contribution in [1.82, 2.24) is 10.3 Å².